The Hall–Kier alpha value is -3.23. The van der Waals surface area contributed by atoms with Crippen molar-refractivity contribution in [3.05, 3.63) is 81.1 Å². The average Bonchev–Trinajstić information content (AvgIpc) is 3.28. The van der Waals surface area contributed by atoms with Gasteiger partial charge in [0.25, 0.3) is 11.8 Å². The normalized spacial score (nSPS) is 18.0. The molecule has 9 heteroatoms. The van der Waals surface area contributed by atoms with Crippen molar-refractivity contribution in [2.24, 2.45) is 0 Å². The molecule has 8 nitrogen and oxygen atoms in total. The number of carbonyl (C=O) groups excluding carboxylic acids is 2. The molecule has 5 rings (SSSR count). The van der Waals surface area contributed by atoms with Gasteiger partial charge >= 0.3 is 0 Å². The molecule has 0 unspecified atom stereocenters. The van der Waals surface area contributed by atoms with Gasteiger partial charge in [0.05, 0.1) is 18.8 Å². The molecule has 3 heterocycles. The fourth-order valence-corrected chi connectivity index (χ4v) is 4.58. The molecule has 0 spiro atoms. The third-order valence-electron chi connectivity index (χ3n) is 6.52. The predicted octanol–water partition coefficient (Wildman–Crippen LogP) is 3.42. The van der Waals surface area contributed by atoms with Crippen LogP contribution in [0.4, 0.5) is 0 Å². The molecule has 176 valence electrons. The maximum Gasteiger partial charge on any atom is 0.276 e. The maximum absolute atomic E-state index is 13.2. The number of carbonyl (C=O) groups is 2. The summed E-state index contributed by atoms with van der Waals surface area (Å²) in [6.45, 7) is 6.54. The summed E-state index contributed by atoms with van der Waals surface area (Å²) in [5.41, 5.74) is 4.75. The third kappa shape index (κ3) is 4.31. The van der Waals surface area contributed by atoms with Gasteiger partial charge in [0.15, 0.2) is 5.69 Å². The molecule has 34 heavy (non-hydrogen) atoms. The predicted molar refractivity (Wildman–Crippen MR) is 127 cm³/mol. The Morgan fingerprint density at radius 3 is 2.35 bits per heavy atom. The Morgan fingerprint density at radius 2 is 1.65 bits per heavy atom. The molecule has 1 saturated heterocycles. The molecule has 0 bridgehead atoms. The zero-order valence-corrected chi connectivity index (χ0v) is 20.0. The highest BCUT2D eigenvalue weighted by molar-refractivity contribution is 6.30. The minimum Gasteiger partial charge on any atom is -0.365 e. The second kappa shape index (κ2) is 9.19. The lowest BCUT2D eigenvalue weighted by Crippen LogP contribution is -2.51. The standard InChI is InChI=1S/C25H26ClN5O3/c1-16-3-4-17(2)20(13-16)24(32)29-9-11-30(12-10-29)25(33)23-21-15-34-22(14-31(21)28-27-23)18-5-7-19(26)8-6-18/h3-8,13,22H,9-12,14-15H2,1-2H3/t22-/m0/s1. The largest absolute Gasteiger partial charge is 0.365 e. The van der Waals surface area contributed by atoms with Crippen molar-refractivity contribution in [2.45, 2.75) is 33.1 Å². The van der Waals surface area contributed by atoms with Crippen molar-refractivity contribution in [3.8, 4) is 0 Å². The molecule has 1 atom stereocenters. The number of aryl methyl sites for hydroxylation is 2. The van der Waals surface area contributed by atoms with Gasteiger partial charge < -0.3 is 14.5 Å². The number of halogens is 1. The smallest absolute Gasteiger partial charge is 0.276 e. The molecule has 0 N–H and O–H groups in total. The SMILES string of the molecule is Cc1ccc(C)c(C(=O)N2CCN(C(=O)c3nnn4c3CO[C@H](c3ccc(Cl)cc3)C4)CC2)c1. The van der Waals surface area contributed by atoms with E-state index >= 15 is 0 Å². The van der Waals surface area contributed by atoms with E-state index in [0.29, 0.717) is 49.1 Å². The number of amides is 2. The van der Waals surface area contributed by atoms with E-state index < -0.39 is 0 Å². The van der Waals surface area contributed by atoms with Crippen LogP contribution in [0.1, 0.15) is 49.3 Å². The highest BCUT2D eigenvalue weighted by Gasteiger charge is 2.32. The lowest BCUT2D eigenvalue weighted by molar-refractivity contribution is -0.00202. The van der Waals surface area contributed by atoms with E-state index in [-0.39, 0.29) is 24.5 Å². The molecule has 2 aliphatic rings. The highest BCUT2D eigenvalue weighted by atomic mass is 35.5. The molecule has 0 radical (unpaired) electrons. The van der Waals surface area contributed by atoms with Crippen LogP contribution in [0.3, 0.4) is 0 Å². The van der Waals surface area contributed by atoms with Crippen molar-refractivity contribution in [1.82, 2.24) is 24.8 Å². The number of nitrogens with zero attached hydrogens (tertiary/aromatic N) is 5. The molecule has 0 saturated carbocycles. The summed E-state index contributed by atoms with van der Waals surface area (Å²) in [6.07, 6.45) is -0.172. The Kier molecular flexibility index (Phi) is 6.10. The Labute approximate surface area is 203 Å². The van der Waals surface area contributed by atoms with E-state index in [0.717, 1.165) is 22.3 Å². The van der Waals surface area contributed by atoms with E-state index in [1.165, 1.54) is 0 Å². The van der Waals surface area contributed by atoms with Crippen LogP contribution in [0.25, 0.3) is 0 Å². The average molecular weight is 480 g/mol. The second-order valence-corrected chi connectivity index (χ2v) is 9.26. The van der Waals surface area contributed by atoms with E-state index in [1.54, 1.807) is 9.58 Å². The van der Waals surface area contributed by atoms with Crippen LogP contribution < -0.4 is 0 Å². The first-order chi connectivity index (χ1) is 16.4. The van der Waals surface area contributed by atoms with E-state index in [9.17, 15) is 9.59 Å². The molecule has 0 aliphatic carbocycles. The summed E-state index contributed by atoms with van der Waals surface area (Å²) >= 11 is 5.98. The quantitative estimate of drug-likeness (QED) is 0.575. The molecule has 3 aromatic rings. The number of hydrogen-bond acceptors (Lipinski definition) is 5. The van der Waals surface area contributed by atoms with Crippen molar-refractivity contribution in [2.75, 3.05) is 26.2 Å². The molecular formula is C25H26ClN5O3. The Balaban J connectivity index is 1.23. The van der Waals surface area contributed by atoms with Gasteiger partial charge in [-0.15, -0.1) is 5.10 Å². The molecule has 1 aromatic heterocycles. The minimum absolute atomic E-state index is 0.0102. The summed E-state index contributed by atoms with van der Waals surface area (Å²) in [5.74, 6) is -0.162. The van der Waals surface area contributed by atoms with Gasteiger partial charge in [-0.3, -0.25) is 9.59 Å². The van der Waals surface area contributed by atoms with Gasteiger partial charge in [-0.1, -0.05) is 46.6 Å². The number of rotatable bonds is 3. The van der Waals surface area contributed by atoms with Crippen molar-refractivity contribution >= 4 is 23.4 Å². The summed E-state index contributed by atoms with van der Waals surface area (Å²) < 4.78 is 7.76. The highest BCUT2D eigenvalue weighted by Crippen LogP contribution is 2.28. The monoisotopic (exact) mass is 479 g/mol. The summed E-state index contributed by atoms with van der Waals surface area (Å²) in [6, 6.07) is 13.4. The maximum atomic E-state index is 13.2. The number of benzene rings is 2. The lowest BCUT2D eigenvalue weighted by atomic mass is 10.0. The topological polar surface area (TPSA) is 80.6 Å². The first kappa shape index (κ1) is 22.6. The first-order valence-electron chi connectivity index (χ1n) is 11.4. The Morgan fingerprint density at radius 1 is 0.971 bits per heavy atom. The first-order valence-corrected chi connectivity index (χ1v) is 11.7. The van der Waals surface area contributed by atoms with Gasteiger partial charge in [-0.25, -0.2) is 4.68 Å². The van der Waals surface area contributed by atoms with Crippen LogP contribution >= 0.6 is 11.6 Å². The number of piperazine rings is 1. The summed E-state index contributed by atoms with van der Waals surface area (Å²) in [5, 5.41) is 9.06. The number of fused-ring (bicyclic) bond motifs is 1. The fourth-order valence-electron chi connectivity index (χ4n) is 4.46. The van der Waals surface area contributed by atoms with Crippen LogP contribution in [0.5, 0.6) is 0 Å². The molecule has 2 aromatic carbocycles. The zero-order valence-electron chi connectivity index (χ0n) is 19.2. The van der Waals surface area contributed by atoms with Crippen LogP contribution in [0, 0.1) is 13.8 Å². The van der Waals surface area contributed by atoms with E-state index in [2.05, 4.69) is 10.3 Å². The zero-order chi connectivity index (χ0) is 23.8. The molecular weight excluding hydrogens is 454 g/mol. The van der Waals surface area contributed by atoms with Crippen molar-refractivity contribution in [1.29, 1.82) is 0 Å². The minimum atomic E-state index is -0.173. The molecule has 1 fully saturated rings. The van der Waals surface area contributed by atoms with Gasteiger partial charge in [0.2, 0.25) is 0 Å². The van der Waals surface area contributed by atoms with Crippen LogP contribution in [-0.4, -0.2) is 62.8 Å². The van der Waals surface area contributed by atoms with Gasteiger partial charge in [-0.05, 0) is 43.2 Å². The van der Waals surface area contributed by atoms with Gasteiger partial charge in [0, 0.05) is 36.8 Å². The molecule has 2 aliphatic heterocycles. The number of ether oxygens (including phenoxy) is 1. The van der Waals surface area contributed by atoms with Crippen molar-refractivity contribution < 1.29 is 14.3 Å². The van der Waals surface area contributed by atoms with Crippen molar-refractivity contribution in [3.63, 3.8) is 0 Å². The Bertz CT molecular complexity index is 1230. The van der Waals surface area contributed by atoms with E-state index in [4.69, 9.17) is 16.3 Å². The lowest BCUT2D eigenvalue weighted by Gasteiger charge is -2.35. The van der Waals surface area contributed by atoms with Crippen LogP contribution in [0.15, 0.2) is 42.5 Å². The van der Waals surface area contributed by atoms with Gasteiger partial charge in [0.1, 0.15) is 6.10 Å². The molecule has 2 amide bonds. The van der Waals surface area contributed by atoms with Gasteiger partial charge in [-0.2, -0.15) is 0 Å². The third-order valence-corrected chi connectivity index (χ3v) is 6.77. The summed E-state index contributed by atoms with van der Waals surface area (Å²) in [4.78, 5) is 29.8. The van der Waals surface area contributed by atoms with E-state index in [1.807, 2.05) is 61.2 Å². The summed E-state index contributed by atoms with van der Waals surface area (Å²) in [7, 11) is 0. The number of hydrogen-bond donors (Lipinski definition) is 0. The second-order valence-electron chi connectivity index (χ2n) is 8.82. The van der Waals surface area contributed by atoms with Crippen LogP contribution in [0.2, 0.25) is 5.02 Å². The van der Waals surface area contributed by atoms with Crippen LogP contribution in [-0.2, 0) is 17.9 Å². The fraction of sp³-hybridized carbons (Fsp3) is 0.360. The number of aromatic nitrogens is 3.